The lowest BCUT2D eigenvalue weighted by Crippen LogP contribution is -2.25. The molecular weight excluding hydrogens is 289 g/mol. The van der Waals surface area contributed by atoms with Gasteiger partial charge in [0.05, 0.1) is 11.7 Å². The molecule has 0 saturated carbocycles. The first-order valence-corrected chi connectivity index (χ1v) is 7.14. The second kappa shape index (κ2) is 6.13. The van der Waals surface area contributed by atoms with Crippen LogP contribution in [0.1, 0.15) is 33.3 Å². The summed E-state index contributed by atoms with van der Waals surface area (Å²) in [5, 5.41) is 0. The minimum Gasteiger partial charge on any atom is -0.368 e. The Labute approximate surface area is 128 Å². The van der Waals surface area contributed by atoms with E-state index >= 15 is 0 Å². The van der Waals surface area contributed by atoms with Crippen molar-refractivity contribution in [2.24, 2.45) is 0 Å². The van der Waals surface area contributed by atoms with Gasteiger partial charge in [0.2, 0.25) is 0 Å². The summed E-state index contributed by atoms with van der Waals surface area (Å²) in [6.07, 6.45) is 0.0787. The van der Waals surface area contributed by atoms with E-state index in [1.807, 2.05) is 39.8 Å². The molecule has 0 aromatic heterocycles. The Kier molecular flexibility index (Phi) is 4.61. The molecule has 0 unspecified atom stereocenters. The normalized spacial score (nSPS) is 12.0. The van der Waals surface area contributed by atoms with Crippen LogP contribution in [0.5, 0.6) is 0 Å². The zero-order chi connectivity index (χ0) is 16.5. The SMILES string of the molecule is CC(C)OC(C)(C)c1ccc(-c2cc(F)c(F)c(F)c2)cc1. The summed E-state index contributed by atoms with van der Waals surface area (Å²) in [5.74, 6) is -3.84. The molecule has 0 amide bonds. The zero-order valence-corrected chi connectivity index (χ0v) is 13.1. The lowest BCUT2D eigenvalue weighted by Gasteiger charge is -2.28. The summed E-state index contributed by atoms with van der Waals surface area (Å²) in [6, 6.07) is 9.15. The van der Waals surface area contributed by atoms with Crippen LogP contribution in [0, 0.1) is 17.5 Å². The molecule has 2 rings (SSSR count). The van der Waals surface area contributed by atoms with Crippen molar-refractivity contribution >= 4 is 0 Å². The Hall–Kier alpha value is -1.81. The summed E-state index contributed by atoms with van der Waals surface area (Å²) in [4.78, 5) is 0. The van der Waals surface area contributed by atoms with Crippen LogP contribution in [0.25, 0.3) is 11.1 Å². The highest BCUT2D eigenvalue weighted by atomic mass is 19.2. The molecule has 0 aliphatic rings. The third-order valence-corrected chi connectivity index (χ3v) is 3.43. The standard InChI is InChI=1S/C18H19F3O/c1-11(2)22-18(3,4)14-7-5-12(6-8-14)13-9-15(19)17(21)16(20)10-13/h5-11H,1-4H3. The Morgan fingerprint density at radius 2 is 1.36 bits per heavy atom. The van der Waals surface area contributed by atoms with Gasteiger partial charge in [-0.25, -0.2) is 13.2 Å². The highest BCUT2D eigenvalue weighted by Crippen LogP contribution is 2.29. The van der Waals surface area contributed by atoms with Crippen molar-refractivity contribution in [3.8, 4) is 11.1 Å². The molecule has 0 atom stereocenters. The molecule has 22 heavy (non-hydrogen) atoms. The highest BCUT2D eigenvalue weighted by Gasteiger charge is 2.22. The summed E-state index contributed by atoms with van der Waals surface area (Å²) in [7, 11) is 0. The molecule has 0 radical (unpaired) electrons. The monoisotopic (exact) mass is 308 g/mol. The van der Waals surface area contributed by atoms with Crippen LogP contribution in [0.3, 0.4) is 0 Å². The van der Waals surface area contributed by atoms with Gasteiger partial charge in [-0.05, 0) is 56.5 Å². The van der Waals surface area contributed by atoms with Crippen molar-refractivity contribution in [3.63, 3.8) is 0 Å². The number of hydrogen-bond acceptors (Lipinski definition) is 1. The zero-order valence-electron chi connectivity index (χ0n) is 13.1. The van der Waals surface area contributed by atoms with Crippen LogP contribution < -0.4 is 0 Å². The summed E-state index contributed by atoms with van der Waals surface area (Å²) in [6.45, 7) is 7.83. The van der Waals surface area contributed by atoms with E-state index in [1.54, 1.807) is 12.1 Å². The van der Waals surface area contributed by atoms with Gasteiger partial charge >= 0.3 is 0 Å². The molecule has 118 valence electrons. The Morgan fingerprint density at radius 3 is 1.82 bits per heavy atom. The fourth-order valence-corrected chi connectivity index (χ4v) is 2.44. The summed E-state index contributed by atoms with van der Waals surface area (Å²) in [5.41, 5.74) is 1.40. The molecular formula is C18H19F3O. The number of rotatable bonds is 4. The maximum absolute atomic E-state index is 13.3. The van der Waals surface area contributed by atoms with Gasteiger partial charge in [0.25, 0.3) is 0 Å². The first kappa shape index (κ1) is 16.6. The number of halogens is 3. The Balaban J connectivity index is 2.33. The van der Waals surface area contributed by atoms with E-state index in [0.29, 0.717) is 11.1 Å². The van der Waals surface area contributed by atoms with Gasteiger partial charge in [0.15, 0.2) is 17.5 Å². The maximum atomic E-state index is 13.3. The van der Waals surface area contributed by atoms with E-state index in [9.17, 15) is 13.2 Å². The molecule has 1 nitrogen and oxygen atoms in total. The second-order valence-electron chi connectivity index (χ2n) is 6.01. The molecule has 2 aromatic rings. The summed E-state index contributed by atoms with van der Waals surface area (Å²) < 4.78 is 45.5. The molecule has 4 heteroatoms. The smallest absolute Gasteiger partial charge is 0.194 e. The van der Waals surface area contributed by atoms with Gasteiger partial charge in [-0.1, -0.05) is 24.3 Å². The van der Waals surface area contributed by atoms with Crippen LogP contribution in [-0.2, 0) is 10.3 Å². The molecule has 0 fully saturated rings. The summed E-state index contributed by atoms with van der Waals surface area (Å²) >= 11 is 0. The number of ether oxygens (including phenoxy) is 1. The van der Waals surface area contributed by atoms with Gasteiger partial charge in [-0.3, -0.25) is 0 Å². The van der Waals surface area contributed by atoms with Crippen molar-refractivity contribution < 1.29 is 17.9 Å². The lowest BCUT2D eigenvalue weighted by molar-refractivity contribution is -0.0600. The number of hydrogen-bond donors (Lipinski definition) is 0. The van der Waals surface area contributed by atoms with E-state index in [1.165, 1.54) is 0 Å². The van der Waals surface area contributed by atoms with Crippen molar-refractivity contribution in [3.05, 3.63) is 59.4 Å². The van der Waals surface area contributed by atoms with Crippen LogP contribution >= 0.6 is 0 Å². The van der Waals surface area contributed by atoms with Gasteiger partial charge in [0, 0.05) is 0 Å². The maximum Gasteiger partial charge on any atom is 0.194 e. The van der Waals surface area contributed by atoms with Crippen LogP contribution in [0.4, 0.5) is 13.2 Å². The first-order chi connectivity index (χ1) is 10.2. The predicted molar refractivity (Wildman–Crippen MR) is 81.0 cm³/mol. The minimum atomic E-state index is -1.45. The van der Waals surface area contributed by atoms with Crippen molar-refractivity contribution in [1.82, 2.24) is 0 Å². The molecule has 0 bridgehead atoms. The van der Waals surface area contributed by atoms with E-state index < -0.39 is 23.1 Å². The van der Waals surface area contributed by atoms with Crippen molar-refractivity contribution in [1.29, 1.82) is 0 Å². The fourth-order valence-electron chi connectivity index (χ4n) is 2.44. The molecule has 0 aliphatic carbocycles. The Bertz CT molecular complexity index is 638. The van der Waals surface area contributed by atoms with Crippen LogP contribution in [-0.4, -0.2) is 6.10 Å². The van der Waals surface area contributed by atoms with Crippen LogP contribution in [0.15, 0.2) is 36.4 Å². The quantitative estimate of drug-likeness (QED) is 0.684. The molecule has 2 aromatic carbocycles. The predicted octanol–water partition coefficient (Wildman–Crippen LogP) is 5.43. The first-order valence-electron chi connectivity index (χ1n) is 7.14. The van der Waals surface area contributed by atoms with E-state index in [4.69, 9.17) is 4.74 Å². The van der Waals surface area contributed by atoms with Crippen molar-refractivity contribution in [2.45, 2.75) is 39.4 Å². The average Bonchev–Trinajstić information content (AvgIpc) is 2.43. The van der Waals surface area contributed by atoms with Gasteiger partial charge < -0.3 is 4.74 Å². The van der Waals surface area contributed by atoms with Crippen LogP contribution in [0.2, 0.25) is 0 Å². The molecule has 0 N–H and O–H groups in total. The van der Waals surface area contributed by atoms with E-state index in [-0.39, 0.29) is 6.10 Å². The number of benzene rings is 2. The van der Waals surface area contributed by atoms with E-state index in [2.05, 4.69) is 0 Å². The molecule has 0 spiro atoms. The van der Waals surface area contributed by atoms with Gasteiger partial charge in [-0.2, -0.15) is 0 Å². The highest BCUT2D eigenvalue weighted by molar-refractivity contribution is 5.64. The van der Waals surface area contributed by atoms with Gasteiger partial charge in [0.1, 0.15) is 0 Å². The molecule has 0 saturated heterocycles. The largest absolute Gasteiger partial charge is 0.368 e. The third kappa shape index (κ3) is 3.50. The topological polar surface area (TPSA) is 9.23 Å². The van der Waals surface area contributed by atoms with Crippen molar-refractivity contribution in [2.75, 3.05) is 0 Å². The fraction of sp³-hybridized carbons (Fsp3) is 0.333. The molecule has 0 aliphatic heterocycles. The molecule has 0 heterocycles. The van der Waals surface area contributed by atoms with Gasteiger partial charge in [-0.15, -0.1) is 0 Å². The second-order valence-corrected chi connectivity index (χ2v) is 6.01. The average molecular weight is 308 g/mol. The third-order valence-electron chi connectivity index (χ3n) is 3.43. The van der Waals surface area contributed by atoms with E-state index in [0.717, 1.165) is 17.7 Å². The lowest BCUT2D eigenvalue weighted by atomic mass is 9.95. The Morgan fingerprint density at radius 1 is 0.864 bits per heavy atom. The minimum absolute atomic E-state index is 0.0787.